The molecule has 1 heterocycles. The van der Waals surface area contributed by atoms with E-state index in [9.17, 15) is 13.2 Å². The van der Waals surface area contributed by atoms with E-state index in [1.165, 1.54) is 6.07 Å². The van der Waals surface area contributed by atoms with E-state index in [1.807, 2.05) is 30.9 Å². The van der Waals surface area contributed by atoms with Crippen LogP contribution in [0.2, 0.25) is 0 Å². The maximum Gasteiger partial charge on any atom is 0.261 e. The molecule has 1 N–H and O–H groups in total. The van der Waals surface area contributed by atoms with Gasteiger partial charge in [-0.3, -0.25) is 9.52 Å². The molecule has 28 heavy (non-hydrogen) atoms. The van der Waals surface area contributed by atoms with Crippen LogP contribution in [0.4, 0.5) is 5.69 Å². The van der Waals surface area contributed by atoms with E-state index < -0.39 is 10.0 Å². The zero-order valence-corrected chi connectivity index (χ0v) is 17.7. The number of likely N-dealkylation sites (tertiary alicyclic amines) is 1. The van der Waals surface area contributed by atoms with E-state index in [2.05, 4.69) is 18.6 Å². The Kier molecular flexibility index (Phi) is 5.79. The Morgan fingerprint density at radius 1 is 1.00 bits per heavy atom. The Morgan fingerprint density at radius 2 is 1.64 bits per heavy atom. The Morgan fingerprint density at radius 3 is 2.29 bits per heavy atom. The first-order chi connectivity index (χ1) is 13.2. The zero-order chi connectivity index (χ0) is 20.5. The summed E-state index contributed by atoms with van der Waals surface area (Å²) in [5.74, 6) is 0.800. The van der Waals surface area contributed by atoms with Crippen LogP contribution in [0.25, 0.3) is 0 Å². The summed E-state index contributed by atoms with van der Waals surface area (Å²) in [7, 11) is -3.78. The number of sulfonamides is 1. The molecule has 1 amide bonds. The highest BCUT2D eigenvalue weighted by atomic mass is 32.2. The lowest BCUT2D eigenvalue weighted by Crippen LogP contribution is -2.42. The number of carbonyl (C=O) groups is 1. The van der Waals surface area contributed by atoms with Crippen LogP contribution >= 0.6 is 0 Å². The molecule has 0 radical (unpaired) electrons. The molecule has 0 bridgehead atoms. The maximum absolute atomic E-state index is 13.1. The van der Waals surface area contributed by atoms with Crippen molar-refractivity contribution in [3.8, 4) is 0 Å². The molecule has 2 unspecified atom stereocenters. The number of piperidine rings is 1. The lowest BCUT2D eigenvalue weighted by molar-refractivity contribution is 0.0622. The van der Waals surface area contributed by atoms with Gasteiger partial charge >= 0.3 is 0 Å². The minimum Gasteiger partial charge on any atom is -0.338 e. The van der Waals surface area contributed by atoms with Crippen LogP contribution in [0, 0.1) is 25.7 Å². The molecule has 3 rings (SSSR count). The van der Waals surface area contributed by atoms with E-state index in [0.29, 0.717) is 36.2 Å². The first-order valence-electron chi connectivity index (χ1n) is 9.65. The predicted octanol–water partition coefficient (Wildman–Crippen LogP) is 4.22. The quantitative estimate of drug-likeness (QED) is 0.835. The van der Waals surface area contributed by atoms with Crippen LogP contribution in [0.1, 0.15) is 41.8 Å². The lowest BCUT2D eigenvalue weighted by atomic mass is 9.91. The molecule has 6 heteroatoms. The van der Waals surface area contributed by atoms with E-state index >= 15 is 0 Å². The number of hydrogen-bond donors (Lipinski definition) is 1. The number of rotatable bonds is 4. The third kappa shape index (κ3) is 4.38. The second-order valence-corrected chi connectivity index (χ2v) is 9.74. The molecule has 0 aromatic heterocycles. The summed E-state index contributed by atoms with van der Waals surface area (Å²) >= 11 is 0. The monoisotopic (exact) mass is 400 g/mol. The van der Waals surface area contributed by atoms with Crippen LogP contribution in [-0.4, -0.2) is 32.3 Å². The number of carbonyl (C=O) groups excluding carboxylic acids is 1. The molecule has 2 atom stereocenters. The van der Waals surface area contributed by atoms with Crippen LogP contribution < -0.4 is 4.72 Å². The number of benzene rings is 2. The molecule has 0 aliphatic carbocycles. The smallest absolute Gasteiger partial charge is 0.261 e. The van der Waals surface area contributed by atoms with E-state index in [0.717, 1.165) is 17.5 Å². The van der Waals surface area contributed by atoms with Gasteiger partial charge in [-0.15, -0.1) is 0 Å². The first-order valence-corrected chi connectivity index (χ1v) is 11.1. The summed E-state index contributed by atoms with van der Waals surface area (Å²) in [6.45, 7) is 9.41. The van der Waals surface area contributed by atoms with Gasteiger partial charge in [0.1, 0.15) is 0 Å². The molecule has 1 saturated heterocycles. The van der Waals surface area contributed by atoms with Gasteiger partial charge in [0.25, 0.3) is 15.9 Å². The average molecular weight is 401 g/mol. The molecule has 0 spiro atoms. The molecular formula is C22H28N2O3S. The zero-order valence-electron chi connectivity index (χ0n) is 16.9. The molecule has 2 aromatic carbocycles. The average Bonchev–Trinajstić information content (AvgIpc) is 2.62. The number of para-hydroxylation sites is 1. The molecule has 1 fully saturated rings. The molecule has 1 aliphatic heterocycles. The molecular weight excluding hydrogens is 372 g/mol. The summed E-state index contributed by atoms with van der Waals surface area (Å²) in [5, 5.41) is 0. The fourth-order valence-corrected chi connectivity index (χ4v) is 5.05. The summed E-state index contributed by atoms with van der Waals surface area (Å²) in [6, 6.07) is 12.0. The number of hydrogen-bond acceptors (Lipinski definition) is 3. The van der Waals surface area contributed by atoms with Gasteiger partial charge in [-0.1, -0.05) is 38.1 Å². The molecule has 5 nitrogen and oxygen atoms in total. The van der Waals surface area contributed by atoms with Crippen LogP contribution in [-0.2, 0) is 10.0 Å². The van der Waals surface area contributed by atoms with Crippen molar-refractivity contribution in [1.29, 1.82) is 0 Å². The maximum atomic E-state index is 13.1. The molecule has 150 valence electrons. The molecule has 0 saturated carbocycles. The summed E-state index contributed by atoms with van der Waals surface area (Å²) in [6.07, 6.45) is 1.11. The Hall–Kier alpha value is -2.34. The van der Waals surface area contributed by atoms with Crippen molar-refractivity contribution in [1.82, 2.24) is 4.90 Å². The second kappa shape index (κ2) is 7.95. The highest BCUT2D eigenvalue weighted by Crippen LogP contribution is 2.25. The lowest BCUT2D eigenvalue weighted by Gasteiger charge is -2.35. The van der Waals surface area contributed by atoms with Crippen molar-refractivity contribution >= 4 is 21.6 Å². The number of amides is 1. The van der Waals surface area contributed by atoms with Gasteiger partial charge in [0.05, 0.1) is 10.6 Å². The number of nitrogens with zero attached hydrogens (tertiary/aromatic N) is 1. The van der Waals surface area contributed by atoms with Gasteiger partial charge in [-0.25, -0.2) is 8.42 Å². The first kappa shape index (κ1) is 20.4. The van der Waals surface area contributed by atoms with E-state index in [4.69, 9.17) is 0 Å². The van der Waals surface area contributed by atoms with Gasteiger partial charge in [0.2, 0.25) is 0 Å². The minimum absolute atomic E-state index is 0.0937. The highest BCUT2D eigenvalue weighted by Gasteiger charge is 2.28. The van der Waals surface area contributed by atoms with Crippen LogP contribution in [0.15, 0.2) is 47.4 Å². The number of anilines is 1. The van der Waals surface area contributed by atoms with Crippen molar-refractivity contribution in [3.63, 3.8) is 0 Å². The predicted molar refractivity (Wildman–Crippen MR) is 112 cm³/mol. The molecule has 2 aromatic rings. The number of aryl methyl sites for hydroxylation is 2. The molecule has 1 aliphatic rings. The Balaban J connectivity index is 1.90. The van der Waals surface area contributed by atoms with Crippen LogP contribution in [0.5, 0.6) is 0 Å². The van der Waals surface area contributed by atoms with E-state index in [1.54, 1.807) is 24.3 Å². The topological polar surface area (TPSA) is 66.5 Å². The summed E-state index contributed by atoms with van der Waals surface area (Å²) in [4.78, 5) is 15.1. The van der Waals surface area contributed by atoms with Gasteiger partial charge in [-0.05, 0) is 61.4 Å². The standard InChI is InChI=1S/C22H28N2O3S/c1-15-11-16(2)14-24(13-15)22(25)20-12-19(10-9-17(20)3)28(26,27)23-21-8-6-5-7-18(21)4/h5-10,12,15-16,23H,11,13-14H2,1-4H3. The van der Waals surface area contributed by atoms with Gasteiger partial charge < -0.3 is 4.90 Å². The van der Waals surface area contributed by atoms with Crippen molar-refractivity contribution in [3.05, 3.63) is 59.2 Å². The SMILES string of the molecule is Cc1ccccc1NS(=O)(=O)c1ccc(C)c(C(=O)N2CC(C)CC(C)C2)c1. The fraction of sp³-hybridized carbons (Fsp3) is 0.409. The summed E-state index contributed by atoms with van der Waals surface area (Å²) in [5.41, 5.74) is 2.61. The van der Waals surface area contributed by atoms with Crippen molar-refractivity contribution < 1.29 is 13.2 Å². The van der Waals surface area contributed by atoms with E-state index in [-0.39, 0.29) is 10.8 Å². The van der Waals surface area contributed by atoms with Crippen molar-refractivity contribution in [2.75, 3.05) is 17.8 Å². The highest BCUT2D eigenvalue weighted by molar-refractivity contribution is 7.92. The minimum atomic E-state index is -3.78. The summed E-state index contributed by atoms with van der Waals surface area (Å²) < 4.78 is 28.4. The Bertz CT molecular complexity index is 975. The second-order valence-electron chi connectivity index (χ2n) is 8.05. The van der Waals surface area contributed by atoms with Crippen LogP contribution in [0.3, 0.4) is 0 Å². The normalized spacial score (nSPS) is 20.1. The van der Waals surface area contributed by atoms with Gasteiger partial charge in [0.15, 0.2) is 0 Å². The van der Waals surface area contributed by atoms with Crippen molar-refractivity contribution in [2.45, 2.75) is 39.0 Å². The fourth-order valence-electron chi connectivity index (χ4n) is 3.89. The van der Waals surface area contributed by atoms with Gasteiger partial charge in [0, 0.05) is 18.7 Å². The third-order valence-electron chi connectivity index (χ3n) is 5.30. The van der Waals surface area contributed by atoms with Gasteiger partial charge in [-0.2, -0.15) is 0 Å². The third-order valence-corrected chi connectivity index (χ3v) is 6.66. The largest absolute Gasteiger partial charge is 0.338 e. The Labute approximate surface area is 167 Å². The number of nitrogens with one attached hydrogen (secondary N) is 1. The van der Waals surface area contributed by atoms with Crippen molar-refractivity contribution in [2.24, 2.45) is 11.8 Å².